The Hall–Kier alpha value is -1.42. The molecule has 0 radical (unpaired) electrons. The third-order valence-electron chi connectivity index (χ3n) is 4.54. The van der Waals surface area contributed by atoms with Gasteiger partial charge in [-0.25, -0.2) is 13.1 Å². The molecule has 0 atom stereocenters. The fourth-order valence-corrected chi connectivity index (χ4v) is 6.24. The van der Waals surface area contributed by atoms with E-state index in [0.29, 0.717) is 22.7 Å². The molecule has 3 heterocycles. The van der Waals surface area contributed by atoms with Crippen molar-refractivity contribution in [2.24, 2.45) is 5.92 Å². The van der Waals surface area contributed by atoms with Crippen molar-refractivity contribution in [2.75, 3.05) is 24.5 Å². The first-order valence-electron chi connectivity index (χ1n) is 8.37. The van der Waals surface area contributed by atoms with Crippen LogP contribution in [0.15, 0.2) is 48.8 Å². The van der Waals surface area contributed by atoms with E-state index in [4.69, 9.17) is 4.42 Å². The van der Waals surface area contributed by atoms with E-state index in [0.717, 1.165) is 40.8 Å². The smallest absolute Gasteiger partial charge is 0.298 e. The summed E-state index contributed by atoms with van der Waals surface area (Å²) in [5, 5.41) is 0. The van der Waals surface area contributed by atoms with Crippen LogP contribution in [0, 0.1) is 5.92 Å². The van der Waals surface area contributed by atoms with E-state index >= 15 is 0 Å². The van der Waals surface area contributed by atoms with Gasteiger partial charge < -0.3 is 9.32 Å². The van der Waals surface area contributed by atoms with Crippen molar-refractivity contribution in [1.82, 2.24) is 9.71 Å². The summed E-state index contributed by atoms with van der Waals surface area (Å²) >= 11 is 4.52. The molecular formula is C17H18BrN3O3S2. The van der Waals surface area contributed by atoms with Crippen LogP contribution in [0.5, 0.6) is 0 Å². The van der Waals surface area contributed by atoms with Crippen molar-refractivity contribution in [3.8, 4) is 0 Å². The number of anilines is 1. The van der Waals surface area contributed by atoms with Gasteiger partial charge in [-0.15, -0.1) is 11.3 Å². The predicted molar refractivity (Wildman–Crippen MR) is 106 cm³/mol. The molecule has 0 aliphatic carbocycles. The monoisotopic (exact) mass is 455 g/mol. The number of nitrogens with zero attached hydrogens (tertiary/aromatic N) is 2. The van der Waals surface area contributed by atoms with Gasteiger partial charge in [-0.2, -0.15) is 4.98 Å². The van der Waals surface area contributed by atoms with Crippen LogP contribution in [0.2, 0.25) is 0 Å². The second kappa shape index (κ2) is 7.30. The van der Waals surface area contributed by atoms with Crippen molar-refractivity contribution in [3.05, 3.63) is 40.2 Å². The van der Waals surface area contributed by atoms with E-state index in [1.807, 2.05) is 24.3 Å². The molecule has 3 aromatic rings. The molecular weight excluding hydrogens is 438 g/mol. The Morgan fingerprint density at radius 3 is 2.69 bits per heavy atom. The molecule has 0 amide bonds. The zero-order valence-electron chi connectivity index (χ0n) is 13.9. The van der Waals surface area contributed by atoms with Gasteiger partial charge in [0.15, 0.2) is 5.58 Å². The SMILES string of the molecule is O=S(=O)(NCC1CCN(c2nc3ccccc3o2)CC1)c1ccc(Br)s1. The summed E-state index contributed by atoms with van der Waals surface area (Å²) in [7, 11) is -3.43. The standard InChI is InChI=1S/C17H18BrN3O3S2/c18-15-5-6-16(25-15)26(22,23)19-11-12-7-9-21(10-8-12)17-20-13-3-1-2-4-14(13)24-17/h1-6,12,19H,7-11H2. The van der Waals surface area contributed by atoms with Crippen molar-refractivity contribution in [1.29, 1.82) is 0 Å². The van der Waals surface area contributed by atoms with Crippen LogP contribution in [-0.4, -0.2) is 33.0 Å². The van der Waals surface area contributed by atoms with Gasteiger partial charge in [0.1, 0.15) is 9.73 Å². The Bertz CT molecular complexity index is 974. The van der Waals surface area contributed by atoms with E-state index in [1.165, 1.54) is 11.3 Å². The Morgan fingerprint density at radius 2 is 2.00 bits per heavy atom. The van der Waals surface area contributed by atoms with Gasteiger partial charge in [0.2, 0.25) is 10.0 Å². The molecule has 1 aromatic carbocycles. The van der Waals surface area contributed by atoms with Crippen molar-refractivity contribution < 1.29 is 12.8 Å². The van der Waals surface area contributed by atoms with Crippen LogP contribution in [0.3, 0.4) is 0 Å². The van der Waals surface area contributed by atoms with Crippen LogP contribution >= 0.6 is 27.3 Å². The van der Waals surface area contributed by atoms with Crippen molar-refractivity contribution >= 4 is 54.4 Å². The third kappa shape index (κ3) is 3.80. The topological polar surface area (TPSA) is 75.4 Å². The van der Waals surface area contributed by atoms with Gasteiger partial charge in [-0.05, 0) is 59.0 Å². The van der Waals surface area contributed by atoms with Crippen molar-refractivity contribution in [2.45, 2.75) is 17.1 Å². The van der Waals surface area contributed by atoms with Crippen LogP contribution in [-0.2, 0) is 10.0 Å². The predicted octanol–water partition coefficient (Wildman–Crippen LogP) is 3.85. The molecule has 26 heavy (non-hydrogen) atoms. The Morgan fingerprint density at radius 1 is 1.23 bits per heavy atom. The molecule has 9 heteroatoms. The minimum Gasteiger partial charge on any atom is -0.423 e. The summed E-state index contributed by atoms with van der Waals surface area (Å²) in [6.45, 7) is 2.08. The van der Waals surface area contributed by atoms with Crippen LogP contribution < -0.4 is 9.62 Å². The molecule has 1 aliphatic heterocycles. The second-order valence-corrected chi connectivity index (χ2v) is 10.8. The number of halogens is 1. The Balaban J connectivity index is 1.33. The lowest BCUT2D eigenvalue weighted by atomic mass is 9.97. The fraction of sp³-hybridized carbons (Fsp3) is 0.353. The van der Waals surface area contributed by atoms with E-state index in [9.17, 15) is 8.42 Å². The van der Waals surface area contributed by atoms with Gasteiger partial charge in [0, 0.05) is 19.6 Å². The van der Waals surface area contributed by atoms with Gasteiger partial charge in [0.05, 0.1) is 3.79 Å². The number of rotatable bonds is 5. The number of hydrogen-bond donors (Lipinski definition) is 1. The number of thiophene rings is 1. The highest BCUT2D eigenvalue weighted by molar-refractivity contribution is 9.11. The number of piperidine rings is 1. The molecule has 1 aliphatic rings. The lowest BCUT2D eigenvalue weighted by Crippen LogP contribution is -2.38. The molecule has 1 saturated heterocycles. The fourth-order valence-electron chi connectivity index (χ4n) is 3.06. The summed E-state index contributed by atoms with van der Waals surface area (Å²) in [4.78, 5) is 6.66. The molecule has 4 rings (SSSR count). The highest BCUT2D eigenvalue weighted by Gasteiger charge is 2.25. The maximum absolute atomic E-state index is 12.3. The van der Waals surface area contributed by atoms with Gasteiger partial charge in [-0.3, -0.25) is 0 Å². The normalized spacial score (nSPS) is 16.4. The van der Waals surface area contributed by atoms with E-state index in [1.54, 1.807) is 12.1 Å². The van der Waals surface area contributed by atoms with Gasteiger partial charge >= 0.3 is 0 Å². The van der Waals surface area contributed by atoms with E-state index < -0.39 is 10.0 Å². The summed E-state index contributed by atoms with van der Waals surface area (Å²) < 4.78 is 34.3. The van der Waals surface area contributed by atoms with Crippen LogP contribution in [0.25, 0.3) is 11.1 Å². The summed E-state index contributed by atoms with van der Waals surface area (Å²) in [5.41, 5.74) is 1.65. The number of aromatic nitrogens is 1. The Labute approximate surface area is 164 Å². The molecule has 0 spiro atoms. The number of nitrogens with one attached hydrogen (secondary N) is 1. The van der Waals surface area contributed by atoms with Gasteiger partial charge in [-0.1, -0.05) is 12.1 Å². The first kappa shape index (κ1) is 18.0. The Kier molecular flexibility index (Phi) is 5.05. The molecule has 0 bridgehead atoms. The maximum Gasteiger partial charge on any atom is 0.298 e. The summed E-state index contributed by atoms with van der Waals surface area (Å²) in [5.74, 6) is 0.314. The molecule has 0 unspecified atom stereocenters. The second-order valence-electron chi connectivity index (χ2n) is 6.31. The molecule has 1 N–H and O–H groups in total. The van der Waals surface area contributed by atoms with E-state index in [2.05, 4.69) is 30.5 Å². The highest BCUT2D eigenvalue weighted by atomic mass is 79.9. The average molecular weight is 456 g/mol. The van der Waals surface area contributed by atoms with Gasteiger partial charge in [0.25, 0.3) is 6.01 Å². The lowest BCUT2D eigenvalue weighted by molar-refractivity contribution is 0.387. The molecule has 6 nitrogen and oxygen atoms in total. The minimum absolute atomic E-state index is 0.314. The summed E-state index contributed by atoms with van der Waals surface area (Å²) in [6, 6.07) is 11.7. The maximum atomic E-state index is 12.3. The first-order valence-corrected chi connectivity index (χ1v) is 11.5. The largest absolute Gasteiger partial charge is 0.423 e. The zero-order valence-corrected chi connectivity index (χ0v) is 17.1. The lowest BCUT2D eigenvalue weighted by Gasteiger charge is -2.30. The average Bonchev–Trinajstić information content (AvgIpc) is 3.27. The molecule has 0 saturated carbocycles. The van der Waals surface area contributed by atoms with Crippen LogP contribution in [0.4, 0.5) is 6.01 Å². The number of fused-ring (bicyclic) bond motifs is 1. The minimum atomic E-state index is -3.43. The first-order chi connectivity index (χ1) is 12.5. The number of hydrogen-bond acceptors (Lipinski definition) is 6. The van der Waals surface area contributed by atoms with Crippen LogP contribution in [0.1, 0.15) is 12.8 Å². The number of sulfonamides is 1. The number of oxazole rings is 1. The quantitative estimate of drug-likeness (QED) is 0.632. The van der Waals surface area contributed by atoms with Crippen molar-refractivity contribution in [3.63, 3.8) is 0 Å². The number of para-hydroxylation sites is 2. The molecule has 2 aromatic heterocycles. The number of benzene rings is 1. The third-order valence-corrected chi connectivity index (χ3v) is 8.08. The molecule has 138 valence electrons. The molecule has 1 fully saturated rings. The zero-order chi connectivity index (χ0) is 18.1. The highest BCUT2D eigenvalue weighted by Crippen LogP contribution is 2.28. The van der Waals surface area contributed by atoms with E-state index in [-0.39, 0.29) is 0 Å². The summed E-state index contributed by atoms with van der Waals surface area (Å²) in [6.07, 6.45) is 1.80.